The summed E-state index contributed by atoms with van der Waals surface area (Å²) in [4.78, 5) is -0.240. The van der Waals surface area contributed by atoms with E-state index < -0.39 is 16.1 Å². The molecule has 0 spiro atoms. The highest BCUT2D eigenvalue weighted by molar-refractivity contribution is 7.89. The Morgan fingerprint density at radius 3 is 2.29 bits per heavy atom. The van der Waals surface area contributed by atoms with Gasteiger partial charge in [-0.1, -0.05) is 23.2 Å². The standard InChI is InChI=1S/C9H12Cl2N2O3S/c1-5(14)4-13-17(15,16)9-7(10)2-6(12)3-8(9)11/h2-3,5,13-14H,4,12H2,1H3/t5-/m1/s1. The fourth-order valence-corrected chi connectivity index (χ4v) is 3.49. The first-order valence-electron chi connectivity index (χ1n) is 4.66. The molecular formula is C9H12Cl2N2O3S. The zero-order valence-corrected chi connectivity index (χ0v) is 11.3. The molecule has 8 heteroatoms. The monoisotopic (exact) mass is 298 g/mol. The Kier molecular flexibility index (Phi) is 4.62. The normalized spacial score (nSPS) is 13.6. The summed E-state index contributed by atoms with van der Waals surface area (Å²) in [6.07, 6.45) is -0.809. The van der Waals surface area contributed by atoms with Gasteiger partial charge in [0, 0.05) is 12.2 Å². The average molecular weight is 299 g/mol. The van der Waals surface area contributed by atoms with Gasteiger partial charge in [-0.3, -0.25) is 0 Å². The summed E-state index contributed by atoms with van der Waals surface area (Å²) >= 11 is 11.6. The second-order valence-corrected chi connectivity index (χ2v) is 6.03. The van der Waals surface area contributed by atoms with E-state index in [2.05, 4.69) is 4.72 Å². The molecule has 0 unspecified atom stereocenters. The van der Waals surface area contributed by atoms with Gasteiger partial charge in [0.1, 0.15) is 4.90 Å². The molecule has 0 saturated carbocycles. The van der Waals surface area contributed by atoms with Gasteiger partial charge in [-0.15, -0.1) is 0 Å². The molecule has 0 fully saturated rings. The van der Waals surface area contributed by atoms with E-state index in [1.54, 1.807) is 0 Å². The van der Waals surface area contributed by atoms with E-state index in [9.17, 15) is 8.42 Å². The zero-order valence-electron chi connectivity index (χ0n) is 8.94. The highest BCUT2D eigenvalue weighted by Gasteiger charge is 2.22. The molecule has 17 heavy (non-hydrogen) atoms. The fraction of sp³-hybridized carbons (Fsp3) is 0.333. The van der Waals surface area contributed by atoms with Crippen LogP contribution in [0, 0.1) is 0 Å². The molecule has 0 aliphatic carbocycles. The average Bonchev–Trinajstić information content (AvgIpc) is 2.12. The summed E-state index contributed by atoms with van der Waals surface area (Å²) in [6.45, 7) is 1.33. The van der Waals surface area contributed by atoms with Crippen LogP contribution in [-0.2, 0) is 10.0 Å². The second-order valence-electron chi connectivity index (χ2n) is 3.51. The Balaban J connectivity index is 3.16. The number of hydrogen-bond donors (Lipinski definition) is 3. The van der Waals surface area contributed by atoms with E-state index in [1.807, 2.05) is 0 Å². The van der Waals surface area contributed by atoms with Gasteiger partial charge in [-0.05, 0) is 19.1 Å². The molecule has 0 saturated heterocycles. The van der Waals surface area contributed by atoms with Crippen LogP contribution < -0.4 is 10.5 Å². The lowest BCUT2D eigenvalue weighted by molar-refractivity contribution is 0.198. The number of nitrogens with two attached hydrogens (primary N) is 1. The van der Waals surface area contributed by atoms with Crippen molar-refractivity contribution < 1.29 is 13.5 Å². The maximum absolute atomic E-state index is 11.9. The Bertz CT molecular complexity index is 494. The van der Waals surface area contributed by atoms with E-state index >= 15 is 0 Å². The minimum Gasteiger partial charge on any atom is -0.399 e. The quantitative estimate of drug-likeness (QED) is 0.729. The highest BCUT2D eigenvalue weighted by atomic mass is 35.5. The first kappa shape index (κ1) is 14.5. The van der Waals surface area contributed by atoms with Crippen LogP contribution in [-0.4, -0.2) is 26.2 Å². The SMILES string of the molecule is C[C@@H](O)CNS(=O)(=O)c1c(Cl)cc(N)cc1Cl. The summed E-state index contributed by atoms with van der Waals surface area (Å²) in [5.41, 5.74) is 5.74. The summed E-state index contributed by atoms with van der Waals surface area (Å²) in [5.74, 6) is 0. The molecule has 1 atom stereocenters. The Hall–Kier alpha value is -0.530. The molecule has 0 aromatic heterocycles. The third-order valence-electron chi connectivity index (χ3n) is 1.86. The van der Waals surface area contributed by atoms with Crippen molar-refractivity contribution in [3.05, 3.63) is 22.2 Å². The van der Waals surface area contributed by atoms with Crippen molar-refractivity contribution in [1.82, 2.24) is 4.72 Å². The van der Waals surface area contributed by atoms with Crippen LogP contribution in [0.3, 0.4) is 0 Å². The molecule has 0 bridgehead atoms. The maximum atomic E-state index is 11.9. The number of halogens is 2. The van der Waals surface area contributed by atoms with Gasteiger partial charge < -0.3 is 10.8 Å². The summed E-state index contributed by atoms with van der Waals surface area (Å²) < 4.78 is 25.9. The molecule has 0 aliphatic rings. The molecule has 1 rings (SSSR count). The minimum atomic E-state index is -3.86. The lowest BCUT2D eigenvalue weighted by Gasteiger charge is -2.11. The molecule has 0 amide bonds. The van der Waals surface area contributed by atoms with Gasteiger partial charge >= 0.3 is 0 Å². The molecule has 0 heterocycles. The van der Waals surface area contributed by atoms with Crippen molar-refractivity contribution in [2.45, 2.75) is 17.9 Å². The third-order valence-corrected chi connectivity index (χ3v) is 4.20. The Morgan fingerprint density at radius 1 is 1.41 bits per heavy atom. The third kappa shape index (κ3) is 3.72. The zero-order chi connectivity index (χ0) is 13.2. The van der Waals surface area contributed by atoms with Crippen molar-refractivity contribution in [3.63, 3.8) is 0 Å². The lowest BCUT2D eigenvalue weighted by Crippen LogP contribution is -2.31. The number of sulfonamides is 1. The van der Waals surface area contributed by atoms with Crippen LogP contribution >= 0.6 is 23.2 Å². The van der Waals surface area contributed by atoms with E-state index in [-0.39, 0.29) is 27.2 Å². The van der Waals surface area contributed by atoms with Crippen LogP contribution in [0.1, 0.15) is 6.92 Å². The van der Waals surface area contributed by atoms with Gasteiger partial charge in [-0.25, -0.2) is 13.1 Å². The lowest BCUT2D eigenvalue weighted by atomic mass is 10.3. The van der Waals surface area contributed by atoms with E-state index in [0.717, 1.165) is 0 Å². The van der Waals surface area contributed by atoms with E-state index in [0.29, 0.717) is 0 Å². The first-order chi connectivity index (χ1) is 7.74. The predicted molar refractivity (Wildman–Crippen MR) is 67.7 cm³/mol. The van der Waals surface area contributed by atoms with Crippen molar-refractivity contribution in [3.8, 4) is 0 Å². The maximum Gasteiger partial charge on any atom is 0.243 e. The van der Waals surface area contributed by atoms with Crippen LogP contribution in [0.25, 0.3) is 0 Å². The largest absolute Gasteiger partial charge is 0.399 e. The molecule has 1 aromatic carbocycles. The number of rotatable bonds is 4. The summed E-state index contributed by atoms with van der Waals surface area (Å²) in [6, 6.07) is 2.59. The number of aliphatic hydroxyl groups is 1. The van der Waals surface area contributed by atoms with Crippen LogP contribution in [0.5, 0.6) is 0 Å². The number of hydrogen-bond acceptors (Lipinski definition) is 4. The van der Waals surface area contributed by atoms with E-state index in [1.165, 1.54) is 19.1 Å². The summed E-state index contributed by atoms with van der Waals surface area (Å²) in [5, 5.41) is 8.91. The number of nitrogen functional groups attached to an aromatic ring is 1. The molecule has 5 nitrogen and oxygen atoms in total. The van der Waals surface area contributed by atoms with Crippen molar-refractivity contribution in [2.24, 2.45) is 0 Å². The van der Waals surface area contributed by atoms with Gasteiger partial charge in [0.2, 0.25) is 10.0 Å². The number of aliphatic hydroxyl groups excluding tert-OH is 1. The Morgan fingerprint density at radius 2 is 1.88 bits per heavy atom. The van der Waals surface area contributed by atoms with Gasteiger partial charge in [0.05, 0.1) is 16.1 Å². The molecule has 1 aromatic rings. The summed E-state index contributed by atoms with van der Waals surface area (Å²) in [7, 11) is -3.86. The van der Waals surface area contributed by atoms with Crippen LogP contribution in [0.2, 0.25) is 10.0 Å². The van der Waals surface area contributed by atoms with Crippen molar-refractivity contribution in [2.75, 3.05) is 12.3 Å². The van der Waals surface area contributed by atoms with Gasteiger partial charge in [-0.2, -0.15) is 0 Å². The van der Waals surface area contributed by atoms with Crippen LogP contribution in [0.15, 0.2) is 17.0 Å². The predicted octanol–water partition coefficient (Wildman–Crippen LogP) is 1.23. The van der Waals surface area contributed by atoms with Crippen molar-refractivity contribution >= 4 is 38.9 Å². The smallest absolute Gasteiger partial charge is 0.243 e. The topological polar surface area (TPSA) is 92.4 Å². The Labute approximate surface area is 110 Å². The minimum absolute atomic E-state index is 0.0620. The van der Waals surface area contributed by atoms with Gasteiger partial charge in [0.25, 0.3) is 0 Å². The first-order valence-corrected chi connectivity index (χ1v) is 6.90. The second kappa shape index (κ2) is 5.41. The fourth-order valence-electron chi connectivity index (χ4n) is 1.14. The number of benzene rings is 1. The number of anilines is 1. The molecule has 0 aliphatic heterocycles. The van der Waals surface area contributed by atoms with Crippen LogP contribution in [0.4, 0.5) is 5.69 Å². The van der Waals surface area contributed by atoms with Crippen molar-refractivity contribution in [1.29, 1.82) is 0 Å². The molecule has 96 valence electrons. The highest BCUT2D eigenvalue weighted by Crippen LogP contribution is 2.31. The molecular weight excluding hydrogens is 287 g/mol. The molecule has 4 N–H and O–H groups in total. The number of nitrogens with one attached hydrogen (secondary N) is 1. The van der Waals surface area contributed by atoms with Gasteiger partial charge in [0.15, 0.2) is 0 Å². The van der Waals surface area contributed by atoms with E-state index in [4.69, 9.17) is 34.0 Å². The molecule has 0 radical (unpaired) electrons.